The predicted molar refractivity (Wildman–Crippen MR) is 60.0 cm³/mol. The molecule has 0 rings (SSSR count). The maximum Gasteiger partial charge on any atom is 0.257 e. The van der Waals surface area contributed by atoms with Crippen molar-refractivity contribution in [3.63, 3.8) is 0 Å². The number of nitrogens with one attached hydrogen (secondary N) is 1. The number of rotatable bonds is 2. The van der Waals surface area contributed by atoms with Crippen molar-refractivity contribution in [3.8, 4) is 0 Å². The molecule has 0 aliphatic heterocycles. The van der Waals surface area contributed by atoms with E-state index >= 15 is 0 Å². The molecular formula is C3H4I3NO2. The smallest absolute Gasteiger partial charge is 0.257 e. The highest BCUT2D eigenvalue weighted by Gasteiger charge is 2.27. The molecule has 0 radical (unpaired) electrons. The molecule has 2 N–H and O–H groups in total. The Morgan fingerprint density at radius 2 is 2.00 bits per heavy atom. The molecule has 3 nitrogen and oxygen atoms in total. The number of carbonyl (C=O) groups excluding carboxylic acids is 1. The molecule has 0 heterocycles. The Labute approximate surface area is 93.8 Å². The van der Waals surface area contributed by atoms with Gasteiger partial charge in [-0.25, -0.2) is 0 Å². The van der Waals surface area contributed by atoms with E-state index in [1.54, 1.807) is 0 Å². The van der Waals surface area contributed by atoms with Gasteiger partial charge in [0, 0.05) is 0 Å². The van der Waals surface area contributed by atoms with Crippen molar-refractivity contribution < 1.29 is 9.90 Å². The van der Waals surface area contributed by atoms with Crippen LogP contribution in [0.5, 0.6) is 0 Å². The van der Waals surface area contributed by atoms with Gasteiger partial charge in [0.05, 0.1) is 0 Å². The molecule has 6 heteroatoms. The van der Waals surface area contributed by atoms with Gasteiger partial charge in [0.25, 0.3) is 5.91 Å². The molecule has 0 unspecified atom stereocenters. The van der Waals surface area contributed by atoms with E-state index in [0.29, 0.717) is 0 Å². The Morgan fingerprint density at radius 1 is 1.56 bits per heavy atom. The summed E-state index contributed by atoms with van der Waals surface area (Å²) >= 11 is 5.93. The van der Waals surface area contributed by atoms with E-state index in [1.165, 1.54) is 0 Å². The monoisotopic (exact) mass is 467 g/mol. The summed E-state index contributed by atoms with van der Waals surface area (Å²) in [6.07, 6.45) is 0. The zero-order valence-electron chi connectivity index (χ0n) is 4.20. The minimum Gasteiger partial charge on any atom is -0.376 e. The van der Waals surface area contributed by atoms with Crippen LogP contribution in [0.15, 0.2) is 0 Å². The zero-order chi connectivity index (χ0) is 7.49. The molecule has 0 aromatic heterocycles. The van der Waals surface area contributed by atoms with Gasteiger partial charge >= 0.3 is 0 Å². The Balaban J connectivity index is 3.74. The van der Waals surface area contributed by atoms with Crippen LogP contribution < -0.4 is 5.32 Å². The van der Waals surface area contributed by atoms with Crippen LogP contribution in [0.4, 0.5) is 0 Å². The molecule has 0 saturated heterocycles. The summed E-state index contributed by atoms with van der Waals surface area (Å²) in [6.45, 7) is -0.296. The normalized spacial score (nSPS) is 11.1. The lowest BCUT2D eigenvalue weighted by atomic mass is 10.7. The molecular weight excluding hydrogens is 463 g/mol. The molecule has 0 spiro atoms. The third kappa shape index (κ3) is 4.95. The number of carbonyl (C=O) groups is 1. The van der Waals surface area contributed by atoms with Gasteiger partial charge in [-0.1, -0.05) is 0 Å². The minimum atomic E-state index is -0.490. The molecule has 0 bridgehead atoms. The van der Waals surface area contributed by atoms with E-state index in [0.717, 1.165) is 0 Å². The van der Waals surface area contributed by atoms with Gasteiger partial charge in [0.1, 0.15) is 6.73 Å². The molecule has 1 amide bonds. The van der Waals surface area contributed by atoms with Gasteiger partial charge in [-0.05, 0) is 67.8 Å². The van der Waals surface area contributed by atoms with Gasteiger partial charge in [0.2, 0.25) is -0.565 Å². The van der Waals surface area contributed by atoms with Crippen LogP contribution in [0.1, 0.15) is 0 Å². The summed E-state index contributed by atoms with van der Waals surface area (Å²) in [7, 11) is 0. The van der Waals surface area contributed by atoms with Crippen molar-refractivity contribution in [2.45, 2.75) is -0.565 Å². The number of halogens is 3. The first-order valence-corrected chi connectivity index (χ1v) is 5.18. The molecule has 0 atom stereocenters. The third-order valence-corrected chi connectivity index (χ3v) is 1.97. The first-order valence-electron chi connectivity index (χ1n) is 1.94. The Bertz CT molecular complexity index is 110. The van der Waals surface area contributed by atoms with Crippen molar-refractivity contribution in [3.05, 3.63) is 0 Å². The van der Waals surface area contributed by atoms with Crippen LogP contribution in [0.2, 0.25) is 0 Å². The van der Waals surface area contributed by atoms with Crippen LogP contribution in [0.3, 0.4) is 0 Å². The van der Waals surface area contributed by atoms with E-state index in [9.17, 15) is 4.79 Å². The first-order chi connectivity index (χ1) is 3.98. The highest BCUT2D eigenvalue weighted by Crippen LogP contribution is 2.35. The number of hydrogen-bond acceptors (Lipinski definition) is 2. The summed E-state index contributed by atoms with van der Waals surface area (Å²) in [6, 6.07) is 0. The van der Waals surface area contributed by atoms with E-state index in [1.807, 2.05) is 67.8 Å². The summed E-state index contributed by atoms with van der Waals surface area (Å²) in [4.78, 5) is 10.8. The largest absolute Gasteiger partial charge is 0.376 e. The average molecular weight is 467 g/mol. The molecule has 0 aliphatic rings. The highest BCUT2D eigenvalue weighted by atomic mass is 127. The molecule has 0 aromatic carbocycles. The molecule has 0 saturated carbocycles. The topological polar surface area (TPSA) is 49.3 Å². The van der Waals surface area contributed by atoms with Gasteiger partial charge < -0.3 is 10.4 Å². The maximum absolute atomic E-state index is 10.8. The van der Waals surface area contributed by atoms with Gasteiger partial charge in [-0.3, -0.25) is 4.79 Å². The van der Waals surface area contributed by atoms with E-state index in [-0.39, 0.29) is 12.6 Å². The van der Waals surface area contributed by atoms with Gasteiger partial charge in [-0.15, -0.1) is 0 Å². The zero-order valence-corrected chi connectivity index (χ0v) is 10.7. The Hall–Kier alpha value is 1.62. The molecule has 0 aromatic rings. The highest BCUT2D eigenvalue weighted by molar-refractivity contribution is 14.3. The first kappa shape index (κ1) is 10.6. The number of alkyl halides is 3. The quantitative estimate of drug-likeness (QED) is 0.363. The van der Waals surface area contributed by atoms with Crippen LogP contribution in [-0.2, 0) is 4.79 Å². The number of aliphatic hydroxyl groups excluding tert-OH is 1. The van der Waals surface area contributed by atoms with Crippen molar-refractivity contribution in [2.75, 3.05) is 6.73 Å². The van der Waals surface area contributed by atoms with E-state index < -0.39 is -0.565 Å². The second-order valence-electron chi connectivity index (χ2n) is 1.16. The van der Waals surface area contributed by atoms with Gasteiger partial charge in [0.15, 0.2) is 0 Å². The fraction of sp³-hybridized carbons (Fsp3) is 0.667. The lowest BCUT2D eigenvalue weighted by molar-refractivity contribution is -0.119. The molecule has 54 valence electrons. The van der Waals surface area contributed by atoms with Crippen LogP contribution in [-0.4, -0.2) is 17.2 Å². The summed E-state index contributed by atoms with van der Waals surface area (Å²) in [5, 5.41) is 10.5. The lowest BCUT2D eigenvalue weighted by Crippen LogP contribution is -2.33. The standard InChI is InChI=1S/C3H4I3NO2/c4-3(5,6)2(9)7-1-8/h8H,1H2,(H,7,9). The fourth-order valence-electron chi connectivity index (χ4n) is 0.172. The number of aliphatic hydroxyl groups is 1. The number of hydrogen-bond donors (Lipinski definition) is 2. The predicted octanol–water partition coefficient (Wildman–Crippen LogP) is 1.01. The minimum absolute atomic E-state index is 0.174. The fourth-order valence-corrected chi connectivity index (χ4v) is 0.744. The van der Waals surface area contributed by atoms with Crippen molar-refractivity contribution in [1.29, 1.82) is 0 Å². The second kappa shape index (κ2) is 4.49. The second-order valence-corrected chi connectivity index (χ2v) is 12.2. The van der Waals surface area contributed by atoms with Crippen molar-refractivity contribution in [2.24, 2.45) is 0 Å². The summed E-state index contributed by atoms with van der Waals surface area (Å²) < 4.78 is -0.490. The molecule has 9 heavy (non-hydrogen) atoms. The van der Waals surface area contributed by atoms with Crippen LogP contribution in [0, 0.1) is 0 Å². The van der Waals surface area contributed by atoms with Gasteiger partial charge in [-0.2, -0.15) is 0 Å². The van der Waals surface area contributed by atoms with E-state index in [4.69, 9.17) is 5.11 Å². The Kier molecular flexibility index (Phi) is 5.30. The summed E-state index contributed by atoms with van der Waals surface area (Å²) in [5.74, 6) is -0.174. The van der Waals surface area contributed by atoms with E-state index in [2.05, 4.69) is 5.32 Å². The number of amides is 1. The van der Waals surface area contributed by atoms with Crippen LogP contribution in [0.25, 0.3) is 0 Å². The van der Waals surface area contributed by atoms with Crippen LogP contribution >= 0.6 is 67.8 Å². The third-order valence-electron chi connectivity index (χ3n) is 0.497. The summed E-state index contributed by atoms with van der Waals surface area (Å²) in [5.41, 5.74) is 0. The van der Waals surface area contributed by atoms with Crippen molar-refractivity contribution >= 4 is 73.7 Å². The average Bonchev–Trinajstić information content (AvgIpc) is 1.64. The van der Waals surface area contributed by atoms with Crippen molar-refractivity contribution in [1.82, 2.24) is 5.32 Å². The maximum atomic E-state index is 10.8. The molecule has 0 fully saturated rings. The molecule has 0 aliphatic carbocycles. The lowest BCUT2D eigenvalue weighted by Gasteiger charge is -2.09. The SMILES string of the molecule is O=C(NCO)C(I)(I)I. The Morgan fingerprint density at radius 3 is 2.11 bits per heavy atom.